The number of halogens is 3. The quantitative estimate of drug-likeness (QED) is 0.764. The maximum absolute atomic E-state index is 13.0. The predicted molar refractivity (Wildman–Crippen MR) is 70.7 cm³/mol. The second kappa shape index (κ2) is 4.51. The minimum atomic E-state index is -4.41. The molecule has 0 aromatic heterocycles. The van der Waals surface area contributed by atoms with E-state index in [1.165, 1.54) is 6.92 Å². The van der Waals surface area contributed by atoms with Crippen LogP contribution in [0.4, 0.5) is 13.2 Å². The smallest absolute Gasteiger partial charge is 0.414 e. The molecule has 0 amide bonds. The highest BCUT2D eigenvalue weighted by molar-refractivity contribution is 5.83. The van der Waals surface area contributed by atoms with Crippen molar-refractivity contribution in [3.8, 4) is 0 Å². The van der Waals surface area contributed by atoms with Gasteiger partial charge in [0, 0.05) is 6.92 Å². The molecular formula is C15H12F3NO. The van der Waals surface area contributed by atoms with Crippen molar-refractivity contribution in [2.75, 3.05) is 0 Å². The summed E-state index contributed by atoms with van der Waals surface area (Å²) < 4.78 is 44.3. The van der Waals surface area contributed by atoms with Crippen LogP contribution in [0, 0.1) is 0 Å². The molecule has 1 heterocycles. The molecule has 0 radical (unpaired) electrons. The molecule has 2 unspecified atom stereocenters. The Balaban J connectivity index is 2.02. The summed E-state index contributed by atoms with van der Waals surface area (Å²) in [5.41, 5.74) is 0.492. The monoisotopic (exact) mass is 279 g/mol. The number of aliphatic imine (C=N–C) groups is 1. The van der Waals surface area contributed by atoms with Crippen molar-refractivity contribution < 1.29 is 17.9 Å². The van der Waals surface area contributed by atoms with Gasteiger partial charge in [0.2, 0.25) is 0 Å². The first kappa shape index (κ1) is 13.0. The molecule has 1 aliphatic rings. The van der Waals surface area contributed by atoms with Crippen LogP contribution in [0.15, 0.2) is 47.5 Å². The maximum Gasteiger partial charge on any atom is 0.414 e. The third-order valence-corrected chi connectivity index (χ3v) is 3.34. The highest BCUT2D eigenvalue weighted by Crippen LogP contribution is 2.39. The third kappa shape index (κ3) is 2.24. The lowest BCUT2D eigenvalue weighted by Crippen LogP contribution is -2.31. The van der Waals surface area contributed by atoms with Gasteiger partial charge < -0.3 is 4.74 Å². The van der Waals surface area contributed by atoms with Crippen molar-refractivity contribution in [3.05, 3.63) is 48.0 Å². The molecule has 0 saturated carbocycles. The second-order valence-electron chi connectivity index (χ2n) is 4.78. The van der Waals surface area contributed by atoms with Gasteiger partial charge in [0.05, 0.1) is 0 Å². The minimum absolute atomic E-state index is 0.0745. The lowest BCUT2D eigenvalue weighted by atomic mass is 9.99. The van der Waals surface area contributed by atoms with Gasteiger partial charge in [0.1, 0.15) is 0 Å². The summed E-state index contributed by atoms with van der Waals surface area (Å²) in [5.74, 6) is 0.0745. The van der Waals surface area contributed by atoms with Gasteiger partial charge in [0.15, 0.2) is 18.0 Å². The van der Waals surface area contributed by atoms with Gasteiger partial charge in [-0.2, -0.15) is 13.2 Å². The molecule has 2 aromatic rings. The maximum atomic E-state index is 13.0. The molecule has 3 rings (SSSR count). The third-order valence-electron chi connectivity index (χ3n) is 3.34. The fraction of sp³-hybridized carbons (Fsp3) is 0.267. The summed E-state index contributed by atoms with van der Waals surface area (Å²) in [7, 11) is 0. The van der Waals surface area contributed by atoms with E-state index in [1.54, 1.807) is 18.2 Å². The Morgan fingerprint density at radius 3 is 2.45 bits per heavy atom. The molecule has 2 aromatic carbocycles. The highest BCUT2D eigenvalue weighted by Gasteiger charge is 2.49. The summed E-state index contributed by atoms with van der Waals surface area (Å²) in [6, 6.07) is 10.9. The largest absolute Gasteiger partial charge is 0.471 e. The summed E-state index contributed by atoms with van der Waals surface area (Å²) in [5, 5.41) is 1.87. The second-order valence-corrected chi connectivity index (χ2v) is 4.78. The lowest BCUT2D eigenvalue weighted by Gasteiger charge is -2.20. The van der Waals surface area contributed by atoms with E-state index >= 15 is 0 Å². The predicted octanol–water partition coefficient (Wildman–Crippen LogP) is 4.26. The number of ether oxygens (including phenoxy) is 1. The zero-order valence-electron chi connectivity index (χ0n) is 10.7. The lowest BCUT2D eigenvalue weighted by molar-refractivity contribution is -0.160. The van der Waals surface area contributed by atoms with Crippen LogP contribution in [0.5, 0.6) is 0 Å². The Labute approximate surface area is 113 Å². The zero-order chi connectivity index (χ0) is 14.3. The van der Waals surface area contributed by atoms with Crippen LogP contribution in [-0.2, 0) is 4.74 Å². The number of nitrogens with zero attached hydrogens (tertiary/aromatic N) is 1. The average Bonchev–Trinajstić information content (AvgIpc) is 2.80. The van der Waals surface area contributed by atoms with Crippen molar-refractivity contribution in [1.82, 2.24) is 0 Å². The molecule has 0 aliphatic carbocycles. The summed E-state index contributed by atoms with van der Waals surface area (Å²) >= 11 is 0. The minimum Gasteiger partial charge on any atom is -0.471 e. The van der Waals surface area contributed by atoms with E-state index in [0.717, 1.165) is 10.8 Å². The first-order valence-electron chi connectivity index (χ1n) is 6.21. The van der Waals surface area contributed by atoms with Gasteiger partial charge >= 0.3 is 6.18 Å². The highest BCUT2D eigenvalue weighted by atomic mass is 19.4. The molecule has 104 valence electrons. The molecule has 0 spiro atoms. The fourth-order valence-electron chi connectivity index (χ4n) is 2.42. The molecule has 0 fully saturated rings. The molecule has 0 saturated heterocycles. The average molecular weight is 279 g/mol. The van der Waals surface area contributed by atoms with Crippen LogP contribution >= 0.6 is 0 Å². The SMILES string of the molecule is CC1=NC(C(F)(F)F)C(c2ccc3ccccc3c2)O1. The molecule has 20 heavy (non-hydrogen) atoms. The van der Waals surface area contributed by atoms with Crippen molar-refractivity contribution in [2.45, 2.75) is 25.2 Å². The summed E-state index contributed by atoms with van der Waals surface area (Å²) in [6.07, 6.45) is -5.51. The van der Waals surface area contributed by atoms with Crippen molar-refractivity contribution in [3.63, 3.8) is 0 Å². The van der Waals surface area contributed by atoms with Crippen LogP contribution in [0.25, 0.3) is 10.8 Å². The molecule has 2 atom stereocenters. The van der Waals surface area contributed by atoms with E-state index in [-0.39, 0.29) is 5.90 Å². The van der Waals surface area contributed by atoms with Crippen molar-refractivity contribution in [1.29, 1.82) is 0 Å². The van der Waals surface area contributed by atoms with E-state index in [9.17, 15) is 13.2 Å². The van der Waals surface area contributed by atoms with Crippen LogP contribution in [0.1, 0.15) is 18.6 Å². The van der Waals surface area contributed by atoms with E-state index in [0.29, 0.717) is 5.56 Å². The van der Waals surface area contributed by atoms with E-state index < -0.39 is 18.3 Å². The molecular weight excluding hydrogens is 267 g/mol. The first-order chi connectivity index (χ1) is 9.45. The van der Waals surface area contributed by atoms with Gasteiger partial charge in [-0.15, -0.1) is 0 Å². The molecule has 1 aliphatic heterocycles. The number of rotatable bonds is 1. The number of alkyl halides is 3. The standard InChI is InChI=1S/C15H12F3NO/c1-9-19-14(15(16,17)18)13(20-9)12-7-6-10-4-2-3-5-11(10)8-12/h2-8,13-14H,1H3. The summed E-state index contributed by atoms with van der Waals surface area (Å²) in [4.78, 5) is 3.57. The van der Waals surface area contributed by atoms with Gasteiger partial charge in [-0.25, -0.2) is 4.99 Å². The van der Waals surface area contributed by atoms with Crippen LogP contribution in [0.3, 0.4) is 0 Å². The molecule has 0 N–H and O–H groups in total. The number of benzene rings is 2. The van der Waals surface area contributed by atoms with E-state index in [1.807, 2.05) is 24.3 Å². The number of hydrogen-bond acceptors (Lipinski definition) is 2. The molecule has 2 nitrogen and oxygen atoms in total. The van der Waals surface area contributed by atoms with Crippen LogP contribution < -0.4 is 0 Å². The molecule has 0 bridgehead atoms. The number of fused-ring (bicyclic) bond motifs is 1. The van der Waals surface area contributed by atoms with Gasteiger partial charge in [0.25, 0.3) is 0 Å². The topological polar surface area (TPSA) is 21.6 Å². The number of hydrogen-bond donors (Lipinski definition) is 0. The van der Waals surface area contributed by atoms with Crippen molar-refractivity contribution >= 4 is 16.7 Å². The zero-order valence-corrected chi connectivity index (χ0v) is 10.7. The normalized spacial score (nSPS) is 22.7. The van der Waals surface area contributed by atoms with Gasteiger partial charge in [-0.3, -0.25) is 0 Å². The van der Waals surface area contributed by atoms with E-state index in [2.05, 4.69) is 4.99 Å². The Hall–Kier alpha value is -2.04. The Kier molecular flexibility index (Phi) is 2.92. The Bertz CT molecular complexity index is 678. The van der Waals surface area contributed by atoms with Crippen LogP contribution in [0.2, 0.25) is 0 Å². The van der Waals surface area contributed by atoms with Gasteiger partial charge in [-0.05, 0) is 22.4 Å². The Morgan fingerprint density at radius 1 is 1.05 bits per heavy atom. The first-order valence-corrected chi connectivity index (χ1v) is 6.21. The van der Waals surface area contributed by atoms with E-state index in [4.69, 9.17) is 4.74 Å². The Morgan fingerprint density at radius 2 is 1.75 bits per heavy atom. The van der Waals surface area contributed by atoms with Crippen molar-refractivity contribution in [2.24, 2.45) is 4.99 Å². The fourth-order valence-corrected chi connectivity index (χ4v) is 2.42. The van der Waals surface area contributed by atoms with Crippen LogP contribution in [-0.4, -0.2) is 18.1 Å². The molecule has 5 heteroatoms. The van der Waals surface area contributed by atoms with Gasteiger partial charge in [-0.1, -0.05) is 36.4 Å². The summed E-state index contributed by atoms with van der Waals surface area (Å²) in [6.45, 7) is 1.44.